The lowest BCUT2D eigenvalue weighted by Crippen LogP contribution is -2.38. The molecule has 0 spiro atoms. The highest BCUT2D eigenvalue weighted by Gasteiger charge is 2.24. The number of pyridine rings is 1. The maximum Gasteiger partial charge on any atom is 0.324 e. The average molecular weight is 551 g/mol. The van der Waals surface area contributed by atoms with E-state index in [0.29, 0.717) is 17.3 Å². The summed E-state index contributed by atoms with van der Waals surface area (Å²) in [6.07, 6.45) is 6.12. The highest BCUT2D eigenvalue weighted by Crippen LogP contribution is 2.27. The molecule has 1 saturated heterocycles. The van der Waals surface area contributed by atoms with Gasteiger partial charge in [0.05, 0.1) is 11.4 Å². The third-order valence-corrected chi connectivity index (χ3v) is 7.54. The fraction of sp³-hybridized carbons (Fsp3) is 0.333. The summed E-state index contributed by atoms with van der Waals surface area (Å²) in [4.78, 5) is 31.8. The molecule has 0 bridgehead atoms. The van der Waals surface area contributed by atoms with Crippen molar-refractivity contribution in [2.45, 2.75) is 52.4 Å². The van der Waals surface area contributed by atoms with Crippen molar-refractivity contribution >= 4 is 23.4 Å². The number of hydrogen-bond acceptors (Lipinski definition) is 4. The van der Waals surface area contributed by atoms with Gasteiger partial charge < -0.3 is 10.2 Å². The van der Waals surface area contributed by atoms with Gasteiger partial charge in [0, 0.05) is 48.2 Å². The summed E-state index contributed by atoms with van der Waals surface area (Å²) < 4.78 is 1.78. The van der Waals surface area contributed by atoms with Crippen LogP contribution >= 0.6 is 0 Å². The lowest BCUT2D eigenvalue weighted by molar-refractivity contribution is 0.0690. The number of carbonyl (C=O) groups excluding carboxylic acids is 2. The molecule has 2 N–H and O–H groups in total. The van der Waals surface area contributed by atoms with E-state index in [4.69, 9.17) is 5.10 Å². The molecule has 1 aliphatic heterocycles. The van der Waals surface area contributed by atoms with E-state index >= 15 is 0 Å². The summed E-state index contributed by atoms with van der Waals surface area (Å²) in [5, 5.41) is 10.8. The molecule has 0 radical (unpaired) electrons. The Hall–Kier alpha value is -4.46. The summed E-state index contributed by atoms with van der Waals surface area (Å²) in [5.74, 6) is 1.17. The number of carbonyl (C=O) groups is 2. The van der Waals surface area contributed by atoms with Crippen molar-refractivity contribution in [3.63, 3.8) is 0 Å². The molecule has 41 heavy (non-hydrogen) atoms. The van der Waals surface area contributed by atoms with E-state index in [9.17, 15) is 9.59 Å². The number of aromatic nitrogens is 3. The predicted octanol–water partition coefficient (Wildman–Crippen LogP) is 6.61. The first-order valence-electron chi connectivity index (χ1n) is 14.2. The van der Waals surface area contributed by atoms with Gasteiger partial charge in [0.25, 0.3) is 5.91 Å². The molecule has 3 amide bonds. The summed E-state index contributed by atoms with van der Waals surface area (Å²) in [7, 11) is 0. The number of piperidine rings is 1. The number of hydrogen-bond donors (Lipinski definition) is 2. The molecule has 2 aromatic carbocycles. The van der Waals surface area contributed by atoms with Gasteiger partial charge in [0.1, 0.15) is 5.82 Å². The summed E-state index contributed by atoms with van der Waals surface area (Å²) >= 11 is 0. The topological polar surface area (TPSA) is 92.2 Å². The monoisotopic (exact) mass is 550 g/mol. The van der Waals surface area contributed by atoms with E-state index in [2.05, 4.69) is 42.5 Å². The molecule has 1 aliphatic rings. The van der Waals surface area contributed by atoms with Crippen molar-refractivity contribution in [3.05, 3.63) is 102 Å². The number of nitrogens with one attached hydrogen (secondary N) is 2. The summed E-state index contributed by atoms with van der Waals surface area (Å²) in [6.45, 7) is 9.85. The van der Waals surface area contributed by atoms with Crippen molar-refractivity contribution in [1.29, 1.82) is 0 Å². The Morgan fingerprint density at radius 1 is 0.927 bits per heavy atom. The minimum Gasteiger partial charge on any atom is -0.339 e. The molecular formula is C33H38N6O2. The Kier molecular flexibility index (Phi) is 8.19. The summed E-state index contributed by atoms with van der Waals surface area (Å²) in [6, 6.07) is 21.2. The number of likely N-dealkylation sites (tertiary alicyclic amines) is 1. The van der Waals surface area contributed by atoms with Crippen LogP contribution in [0.5, 0.6) is 0 Å². The fourth-order valence-electron chi connectivity index (χ4n) is 5.12. The third-order valence-electron chi connectivity index (χ3n) is 7.54. The van der Waals surface area contributed by atoms with Gasteiger partial charge in [-0.1, -0.05) is 50.6 Å². The van der Waals surface area contributed by atoms with Gasteiger partial charge in [-0.05, 0) is 74.1 Å². The van der Waals surface area contributed by atoms with Gasteiger partial charge in [-0.25, -0.2) is 9.48 Å². The Bertz CT molecular complexity index is 1500. The molecule has 8 nitrogen and oxygen atoms in total. The number of aryl methyl sites for hydroxylation is 1. The lowest BCUT2D eigenvalue weighted by Gasteiger charge is -2.32. The lowest BCUT2D eigenvalue weighted by atomic mass is 9.90. The van der Waals surface area contributed by atoms with E-state index in [0.717, 1.165) is 55.0 Å². The van der Waals surface area contributed by atoms with Gasteiger partial charge in [-0.15, -0.1) is 0 Å². The maximum absolute atomic E-state index is 13.1. The second-order valence-electron chi connectivity index (χ2n) is 11.9. The fourth-order valence-corrected chi connectivity index (χ4v) is 5.12. The first-order valence-corrected chi connectivity index (χ1v) is 14.2. The molecular weight excluding hydrogens is 512 g/mol. The SMILES string of the molecule is Cc1ccc(-n2nc(C(C)(C)C)cc2NC(=O)Nc2cccc(CC3CCN(C(=O)c4ccncc4)CC3)c2)cc1. The van der Waals surface area contributed by atoms with Crippen LogP contribution in [0.1, 0.15) is 60.8 Å². The van der Waals surface area contributed by atoms with Crippen LogP contribution in [0.4, 0.5) is 16.3 Å². The molecule has 3 heterocycles. The van der Waals surface area contributed by atoms with Gasteiger partial charge in [-0.2, -0.15) is 5.10 Å². The van der Waals surface area contributed by atoms with Gasteiger partial charge in [0.2, 0.25) is 0 Å². The Morgan fingerprint density at radius 3 is 2.32 bits per heavy atom. The highest BCUT2D eigenvalue weighted by atomic mass is 16.2. The Morgan fingerprint density at radius 2 is 1.63 bits per heavy atom. The Labute approximate surface area is 241 Å². The van der Waals surface area contributed by atoms with Crippen LogP contribution in [0.2, 0.25) is 0 Å². The number of amides is 3. The van der Waals surface area contributed by atoms with Crippen LogP contribution in [-0.2, 0) is 11.8 Å². The summed E-state index contributed by atoms with van der Waals surface area (Å²) in [5.41, 5.74) is 5.37. The molecule has 4 aromatic rings. The Balaban J connectivity index is 1.21. The second kappa shape index (κ2) is 12.0. The number of anilines is 2. The third kappa shape index (κ3) is 7.01. The van der Waals surface area contributed by atoms with Crippen molar-refractivity contribution in [1.82, 2.24) is 19.7 Å². The maximum atomic E-state index is 13.1. The van der Waals surface area contributed by atoms with Gasteiger partial charge in [-0.3, -0.25) is 15.1 Å². The van der Waals surface area contributed by atoms with Gasteiger partial charge >= 0.3 is 6.03 Å². The van der Waals surface area contributed by atoms with Crippen molar-refractivity contribution in [2.24, 2.45) is 5.92 Å². The van der Waals surface area contributed by atoms with Crippen molar-refractivity contribution in [2.75, 3.05) is 23.7 Å². The molecule has 1 fully saturated rings. The minimum absolute atomic E-state index is 0.0707. The van der Waals surface area contributed by atoms with Crippen molar-refractivity contribution < 1.29 is 9.59 Å². The standard InChI is InChI=1S/C33H38N6O2/c1-23-8-10-28(11-9-23)39-30(22-29(37-39)33(2,3)4)36-32(41)35-27-7-5-6-25(21-27)20-24-14-18-38(19-15-24)31(40)26-12-16-34-17-13-26/h5-13,16-17,21-22,24H,14-15,18-20H2,1-4H3,(H2,35,36,41). The van der Waals surface area contributed by atoms with Crippen LogP contribution in [0.25, 0.3) is 5.69 Å². The quantitative estimate of drug-likeness (QED) is 0.282. The smallest absolute Gasteiger partial charge is 0.324 e. The normalized spacial score (nSPS) is 14.1. The van der Waals surface area contributed by atoms with E-state index in [1.54, 1.807) is 29.2 Å². The zero-order valence-corrected chi connectivity index (χ0v) is 24.2. The van der Waals surface area contributed by atoms with E-state index in [1.165, 1.54) is 5.56 Å². The zero-order chi connectivity index (χ0) is 29.0. The van der Waals surface area contributed by atoms with E-state index in [-0.39, 0.29) is 17.4 Å². The zero-order valence-electron chi connectivity index (χ0n) is 24.2. The molecule has 5 rings (SSSR count). The predicted molar refractivity (Wildman–Crippen MR) is 163 cm³/mol. The van der Waals surface area contributed by atoms with Crippen molar-refractivity contribution in [3.8, 4) is 5.69 Å². The minimum atomic E-state index is -0.321. The van der Waals surface area contributed by atoms with Crippen LogP contribution in [-0.4, -0.2) is 44.7 Å². The number of nitrogens with zero attached hydrogens (tertiary/aromatic N) is 4. The van der Waals surface area contributed by atoms with E-state index in [1.807, 2.05) is 60.4 Å². The number of rotatable bonds is 6. The van der Waals surface area contributed by atoms with Crippen LogP contribution < -0.4 is 10.6 Å². The molecule has 0 saturated carbocycles. The van der Waals surface area contributed by atoms with Crippen LogP contribution in [0.15, 0.2) is 79.1 Å². The molecule has 0 aliphatic carbocycles. The molecule has 0 unspecified atom stereocenters. The average Bonchev–Trinajstić information content (AvgIpc) is 3.38. The molecule has 8 heteroatoms. The highest BCUT2D eigenvalue weighted by molar-refractivity contribution is 5.99. The van der Waals surface area contributed by atoms with Crippen LogP contribution in [0, 0.1) is 12.8 Å². The largest absolute Gasteiger partial charge is 0.339 e. The molecule has 0 atom stereocenters. The van der Waals surface area contributed by atoms with Crippen LogP contribution in [0.3, 0.4) is 0 Å². The molecule has 212 valence electrons. The van der Waals surface area contributed by atoms with Gasteiger partial charge in [0.15, 0.2) is 0 Å². The first-order chi connectivity index (χ1) is 19.7. The van der Waals surface area contributed by atoms with E-state index < -0.39 is 0 Å². The number of urea groups is 1. The molecule has 2 aromatic heterocycles. The first kappa shape index (κ1) is 28.1. The number of benzene rings is 2. The second-order valence-corrected chi connectivity index (χ2v) is 11.9.